The van der Waals surface area contributed by atoms with Gasteiger partial charge in [0.1, 0.15) is 11.3 Å². The van der Waals surface area contributed by atoms with E-state index in [1.165, 1.54) is 11.8 Å². The Morgan fingerprint density at radius 3 is 2.62 bits per heavy atom. The third kappa shape index (κ3) is 5.10. The summed E-state index contributed by atoms with van der Waals surface area (Å²) < 4.78 is 7.28. The Bertz CT molecular complexity index is 899. The van der Waals surface area contributed by atoms with Crippen LogP contribution in [0.15, 0.2) is 29.4 Å². The fourth-order valence-corrected chi connectivity index (χ4v) is 3.96. The molecule has 1 saturated carbocycles. The molecule has 1 aliphatic carbocycles. The number of carbonyl (C=O) groups excluding carboxylic acids is 1. The van der Waals surface area contributed by atoms with Gasteiger partial charge in [-0.15, -0.1) is 10.2 Å². The van der Waals surface area contributed by atoms with Crippen LogP contribution in [0.5, 0.6) is 5.75 Å². The second-order valence-corrected chi connectivity index (χ2v) is 8.91. The van der Waals surface area contributed by atoms with Gasteiger partial charge in [0, 0.05) is 12.1 Å². The zero-order chi connectivity index (χ0) is 21.0. The fraction of sp³-hybridized carbons (Fsp3) is 0.524. The molecule has 29 heavy (non-hydrogen) atoms. The number of aromatic nitrogens is 3. The van der Waals surface area contributed by atoms with Crippen molar-refractivity contribution in [2.45, 2.75) is 50.9 Å². The summed E-state index contributed by atoms with van der Waals surface area (Å²) in [7, 11) is 1.64. The lowest BCUT2D eigenvalue weighted by Crippen LogP contribution is -2.47. The predicted octanol–water partition coefficient (Wildman–Crippen LogP) is 3.51. The minimum Gasteiger partial charge on any atom is -0.497 e. The third-order valence-electron chi connectivity index (χ3n) is 4.97. The van der Waals surface area contributed by atoms with Crippen LogP contribution >= 0.6 is 11.8 Å². The monoisotopic (exact) mass is 413 g/mol. The van der Waals surface area contributed by atoms with Crippen molar-refractivity contribution in [1.82, 2.24) is 20.1 Å². The number of ether oxygens (including phenoxy) is 1. The lowest BCUT2D eigenvalue weighted by Gasteiger charge is -2.22. The van der Waals surface area contributed by atoms with Gasteiger partial charge >= 0.3 is 0 Å². The Balaban J connectivity index is 1.74. The van der Waals surface area contributed by atoms with Crippen LogP contribution in [0, 0.1) is 23.2 Å². The normalized spacial score (nSPS) is 15.6. The van der Waals surface area contributed by atoms with Gasteiger partial charge in [-0.25, -0.2) is 0 Å². The molecule has 154 valence electrons. The minimum atomic E-state index is -0.780. The first-order valence-electron chi connectivity index (χ1n) is 9.79. The van der Waals surface area contributed by atoms with Gasteiger partial charge in [-0.2, -0.15) is 5.26 Å². The molecule has 1 amide bonds. The maximum Gasteiger partial charge on any atom is 0.231 e. The molecule has 1 aromatic heterocycles. The lowest BCUT2D eigenvalue weighted by molar-refractivity contribution is -0.119. The molecule has 1 heterocycles. The topological polar surface area (TPSA) is 92.8 Å². The van der Waals surface area contributed by atoms with Crippen LogP contribution in [-0.4, -0.2) is 39.1 Å². The summed E-state index contributed by atoms with van der Waals surface area (Å²) in [6, 6.07) is 9.95. The lowest BCUT2D eigenvalue weighted by atomic mass is 9.98. The van der Waals surface area contributed by atoms with Crippen LogP contribution in [0.25, 0.3) is 11.4 Å². The zero-order valence-electron chi connectivity index (χ0n) is 17.3. The van der Waals surface area contributed by atoms with Crippen LogP contribution in [-0.2, 0) is 11.3 Å². The van der Waals surface area contributed by atoms with E-state index in [-0.39, 0.29) is 17.6 Å². The molecule has 3 rings (SSSR count). The Morgan fingerprint density at radius 1 is 1.38 bits per heavy atom. The van der Waals surface area contributed by atoms with E-state index in [9.17, 15) is 10.1 Å². The molecular formula is C21H27N5O2S. The first-order valence-corrected chi connectivity index (χ1v) is 10.8. The number of nitrogens with one attached hydrogen (secondary N) is 1. The number of hydrogen-bond donors (Lipinski definition) is 1. The molecule has 0 aliphatic heterocycles. The molecule has 0 radical (unpaired) electrons. The van der Waals surface area contributed by atoms with Gasteiger partial charge in [0.2, 0.25) is 5.91 Å². The minimum absolute atomic E-state index is 0.156. The number of methoxy groups -OCH3 is 1. The molecule has 1 N–H and O–H groups in total. The summed E-state index contributed by atoms with van der Waals surface area (Å²) in [5.41, 5.74) is 0.165. The molecule has 0 unspecified atom stereocenters. The summed E-state index contributed by atoms with van der Waals surface area (Å²) in [6.07, 6.45) is 1.98. The molecule has 0 bridgehead atoms. The number of thioether (sulfide) groups is 1. The van der Waals surface area contributed by atoms with E-state index in [4.69, 9.17) is 4.74 Å². The zero-order valence-corrected chi connectivity index (χ0v) is 18.1. The number of nitrogens with zero attached hydrogens (tertiary/aromatic N) is 4. The van der Waals surface area contributed by atoms with Crippen LogP contribution in [0.1, 0.15) is 33.6 Å². The predicted molar refractivity (Wildman–Crippen MR) is 112 cm³/mol. The number of amides is 1. The fourth-order valence-electron chi connectivity index (χ4n) is 3.22. The molecule has 1 aromatic carbocycles. The van der Waals surface area contributed by atoms with Gasteiger partial charge in [0.25, 0.3) is 0 Å². The van der Waals surface area contributed by atoms with Gasteiger partial charge in [0.05, 0.1) is 18.9 Å². The van der Waals surface area contributed by atoms with Crippen molar-refractivity contribution in [2.24, 2.45) is 11.8 Å². The number of rotatable bonds is 9. The maximum absolute atomic E-state index is 12.4. The highest BCUT2D eigenvalue weighted by Crippen LogP contribution is 2.39. The molecule has 0 saturated heterocycles. The van der Waals surface area contributed by atoms with E-state index >= 15 is 0 Å². The van der Waals surface area contributed by atoms with Crippen LogP contribution < -0.4 is 10.1 Å². The van der Waals surface area contributed by atoms with Gasteiger partial charge in [-0.05, 0) is 55.9 Å². The second-order valence-electron chi connectivity index (χ2n) is 7.96. The molecule has 7 nitrogen and oxygen atoms in total. The van der Waals surface area contributed by atoms with Gasteiger partial charge in [-0.1, -0.05) is 25.6 Å². The smallest absolute Gasteiger partial charge is 0.231 e. The summed E-state index contributed by atoms with van der Waals surface area (Å²) >= 11 is 1.35. The molecule has 2 aromatic rings. The van der Waals surface area contributed by atoms with Gasteiger partial charge in [-0.3, -0.25) is 4.79 Å². The molecule has 8 heteroatoms. The molecule has 1 aliphatic rings. The Hall–Kier alpha value is -2.53. The van der Waals surface area contributed by atoms with Crippen LogP contribution in [0.4, 0.5) is 0 Å². The summed E-state index contributed by atoms with van der Waals surface area (Å²) in [4.78, 5) is 12.4. The van der Waals surface area contributed by atoms with E-state index in [2.05, 4.69) is 40.0 Å². The van der Waals surface area contributed by atoms with E-state index in [1.54, 1.807) is 14.0 Å². The largest absolute Gasteiger partial charge is 0.497 e. The first kappa shape index (κ1) is 21.2. The highest BCUT2D eigenvalue weighted by Gasteiger charge is 2.43. The number of benzene rings is 1. The van der Waals surface area contributed by atoms with Crippen LogP contribution in [0.2, 0.25) is 0 Å². The quantitative estimate of drug-likeness (QED) is 0.633. The highest BCUT2D eigenvalue weighted by molar-refractivity contribution is 7.99. The Labute approximate surface area is 175 Å². The number of nitriles is 1. The SMILES string of the molecule is COc1ccc(-c2nnc(SCC(=O)N[C@](C)(C#N)C3CC3)n2CC(C)C)cc1. The van der Waals surface area contributed by atoms with E-state index in [1.807, 2.05) is 24.3 Å². The van der Waals surface area contributed by atoms with E-state index < -0.39 is 5.54 Å². The second kappa shape index (κ2) is 8.87. The number of carbonyl (C=O) groups is 1. The van der Waals surface area contributed by atoms with Crippen molar-refractivity contribution in [3.05, 3.63) is 24.3 Å². The van der Waals surface area contributed by atoms with Crippen molar-refractivity contribution in [2.75, 3.05) is 12.9 Å². The Morgan fingerprint density at radius 2 is 2.07 bits per heavy atom. The van der Waals surface area contributed by atoms with Crippen molar-refractivity contribution >= 4 is 17.7 Å². The van der Waals surface area contributed by atoms with Gasteiger partial charge in [0.15, 0.2) is 11.0 Å². The summed E-state index contributed by atoms with van der Waals surface area (Å²) in [5.74, 6) is 2.25. The number of hydrogen-bond acceptors (Lipinski definition) is 6. The molecule has 1 fully saturated rings. The standard InChI is InChI=1S/C21H27N5O2S/c1-14(2)11-26-19(15-5-9-17(28-4)10-6-15)24-25-20(26)29-12-18(27)23-21(3,13-22)16-7-8-16/h5-6,9-10,14,16H,7-8,11-12H2,1-4H3,(H,23,27)/t21-/m1/s1. The maximum atomic E-state index is 12.4. The van der Waals surface area contributed by atoms with Crippen molar-refractivity contribution in [1.29, 1.82) is 5.26 Å². The summed E-state index contributed by atoms with van der Waals surface area (Å²) in [5, 5.41) is 21.7. The van der Waals surface area contributed by atoms with Gasteiger partial charge < -0.3 is 14.6 Å². The highest BCUT2D eigenvalue weighted by atomic mass is 32.2. The van der Waals surface area contributed by atoms with Crippen molar-refractivity contribution < 1.29 is 9.53 Å². The molecule has 0 spiro atoms. The van der Waals surface area contributed by atoms with Crippen molar-refractivity contribution in [3.8, 4) is 23.2 Å². The average Bonchev–Trinajstić information content (AvgIpc) is 3.49. The van der Waals surface area contributed by atoms with Crippen molar-refractivity contribution in [3.63, 3.8) is 0 Å². The van der Waals surface area contributed by atoms with E-state index in [0.29, 0.717) is 11.1 Å². The summed E-state index contributed by atoms with van der Waals surface area (Å²) in [6.45, 7) is 6.81. The average molecular weight is 414 g/mol. The van der Waals surface area contributed by atoms with E-state index in [0.717, 1.165) is 36.5 Å². The first-order chi connectivity index (χ1) is 13.9. The molecular weight excluding hydrogens is 386 g/mol. The third-order valence-corrected chi connectivity index (χ3v) is 5.94. The van der Waals surface area contributed by atoms with Crippen LogP contribution in [0.3, 0.4) is 0 Å². The Kier molecular flexibility index (Phi) is 6.48. The molecule has 1 atom stereocenters.